The largest absolute Gasteiger partial charge is 0.388 e. The maximum Gasteiger partial charge on any atom is 0.200 e. The van der Waals surface area contributed by atoms with Crippen LogP contribution in [0, 0.1) is 4.77 Å². The molecular weight excluding hydrogens is 242 g/mol. The van der Waals surface area contributed by atoms with Crippen LogP contribution in [0.3, 0.4) is 0 Å². The Labute approximate surface area is 103 Å². The van der Waals surface area contributed by atoms with Gasteiger partial charge in [0.25, 0.3) is 0 Å². The molecule has 17 heavy (non-hydrogen) atoms. The van der Waals surface area contributed by atoms with Gasteiger partial charge in [0, 0.05) is 13.3 Å². The highest BCUT2D eigenvalue weighted by atomic mass is 32.1. The van der Waals surface area contributed by atoms with E-state index in [1.54, 1.807) is 22.6 Å². The molecule has 0 aliphatic heterocycles. The fourth-order valence-corrected chi connectivity index (χ4v) is 1.73. The first-order valence-electron chi connectivity index (χ1n) is 5.05. The van der Waals surface area contributed by atoms with Crippen molar-refractivity contribution in [3.63, 3.8) is 0 Å². The van der Waals surface area contributed by atoms with Crippen molar-refractivity contribution in [2.45, 2.75) is 13.2 Å². The minimum Gasteiger partial charge on any atom is -0.388 e. The third kappa shape index (κ3) is 2.43. The summed E-state index contributed by atoms with van der Waals surface area (Å²) in [7, 11) is 1.64. The third-order valence-corrected chi connectivity index (χ3v) is 2.56. The monoisotopic (exact) mass is 255 g/mol. The van der Waals surface area contributed by atoms with E-state index < -0.39 is 0 Å². The van der Waals surface area contributed by atoms with Gasteiger partial charge in [-0.15, -0.1) is 0 Å². The number of hydrogen-bond donors (Lipinski definition) is 2. The molecule has 0 atom stereocenters. The smallest absolute Gasteiger partial charge is 0.200 e. The van der Waals surface area contributed by atoms with Crippen LogP contribution in [0.1, 0.15) is 5.82 Å². The summed E-state index contributed by atoms with van der Waals surface area (Å²) in [5, 5.41) is 19.9. The lowest BCUT2D eigenvalue weighted by atomic mass is 10.5. The summed E-state index contributed by atoms with van der Waals surface area (Å²) in [4.78, 5) is 0. The predicted molar refractivity (Wildman–Crippen MR) is 62.3 cm³/mol. The molecule has 2 aromatic heterocycles. The maximum atomic E-state index is 9.14. The number of nitrogens with one attached hydrogen (secondary N) is 1. The van der Waals surface area contributed by atoms with Crippen molar-refractivity contribution in [2.24, 2.45) is 0 Å². The number of nitrogens with zero attached hydrogens (tertiary/aromatic N) is 4. The molecule has 0 aromatic carbocycles. The minimum atomic E-state index is -0.184. The van der Waals surface area contributed by atoms with Gasteiger partial charge in [0.15, 0.2) is 10.6 Å². The topological polar surface area (TPSA) is 80.9 Å². The zero-order valence-electron chi connectivity index (χ0n) is 9.33. The molecule has 92 valence electrons. The molecule has 0 amide bonds. The molecule has 0 bridgehead atoms. The van der Waals surface area contributed by atoms with E-state index in [0.717, 1.165) is 5.69 Å². The highest BCUT2D eigenvalue weighted by Gasteiger charge is 2.09. The van der Waals surface area contributed by atoms with E-state index in [9.17, 15) is 0 Å². The van der Waals surface area contributed by atoms with Crippen LogP contribution < -0.4 is 0 Å². The number of aliphatic hydroxyl groups excluding tert-OH is 1. The summed E-state index contributed by atoms with van der Waals surface area (Å²) in [5.74, 6) is 0.460. The molecule has 0 spiro atoms. The molecule has 0 fully saturated rings. The standard InChI is InChI=1S/C9H13N5O2S/c1-16-3-2-13-5-7(4-10-13)14-8(6-15)11-12-9(14)17/h4-5,15H,2-3,6H2,1H3,(H,12,17). The van der Waals surface area contributed by atoms with Gasteiger partial charge in [-0.05, 0) is 12.2 Å². The van der Waals surface area contributed by atoms with Gasteiger partial charge in [0.05, 0.1) is 25.0 Å². The normalized spacial score (nSPS) is 10.9. The van der Waals surface area contributed by atoms with Crippen LogP contribution in [0.4, 0.5) is 0 Å². The molecule has 0 aliphatic carbocycles. The van der Waals surface area contributed by atoms with Crippen molar-refractivity contribution in [3.05, 3.63) is 23.0 Å². The van der Waals surface area contributed by atoms with E-state index >= 15 is 0 Å². The predicted octanol–water partition coefficient (Wildman–Crippen LogP) is 0.265. The van der Waals surface area contributed by atoms with Gasteiger partial charge in [0.2, 0.25) is 0 Å². The highest BCUT2D eigenvalue weighted by molar-refractivity contribution is 7.71. The summed E-state index contributed by atoms with van der Waals surface area (Å²) < 4.78 is 8.79. The van der Waals surface area contributed by atoms with Crippen LogP contribution in [-0.2, 0) is 17.9 Å². The second-order valence-corrected chi connectivity index (χ2v) is 3.78. The number of aromatic amines is 1. The molecule has 2 rings (SSSR count). The van der Waals surface area contributed by atoms with E-state index in [4.69, 9.17) is 22.1 Å². The zero-order chi connectivity index (χ0) is 12.3. The quantitative estimate of drug-likeness (QED) is 0.749. The van der Waals surface area contributed by atoms with Gasteiger partial charge in [-0.3, -0.25) is 14.3 Å². The average molecular weight is 255 g/mol. The SMILES string of the molecule is COCCn1cc(-n2c(CO)n[nH]c2=S)cn1. The third-order valence-electron chi connectivity index (χ3n) is 2.29. The molecule has 0 saturated heterocycles. The van der Waals surface area contributed by atoms with E-state index in [0.29, 0.717) is 23.7 Å². The molecule has 8 heteroatoms. The van der Waals surface area contributed by atoms with Crippen LogP contribution in [0.25, 0.3) is 5.69 Å². The van der Waals surface area contributed by atoms with E-state index in [2.05, 4.69) is 15.3 Å². The number of methoxy groups -OCH3 is 1. The van der Waals surface area contributed by atoms with E-state index in [-0.39, 0.29) is 6.61 Å². The molecule has 2 heterocycles. The van der Waals surface area contributed by atoms with Crippen molar-refractivity contribution in [3.8, 4) is 5.69 Å². The molecule has 7 nitrogen and oxygen atoms in total. The Hall–Kier alpha value is -1.51. The number of ether oxygens (including phenoxy) is 1. The molecule has 0 saturated carbocycles. The zero-order valence-corrected chi connectivity index (χ0v) is 10.1. The van der Waals surface area contributed by atoms with Crippen LogP contribution >= 0.6 is 12.2 Å². The van der Waals surface area contributed by atoms with Crippen LogP contribution in [-0.4, -0.2) is 43.4 Å². The number of aromatic nitrogens is 5. The van der Waals surface area contributed by atoms with Gasteiger partial charge < -0.3 is 9.84 Å². The fourth-order valence-electron chi connectivity index (χ4n) is 1.48. The number of rotatable bonds is 5. The van der Waals surface area contributed by atoms with Crippen molar-refractivity contribution < 1.29 is 9.84 Å². The van der Waals surface area contributed by atoms with E-state index in [1.807, 2.05) is 6.20 Å². The van der Waals surface area contributed by atoms with Gasteiger partial charge in [-0.2, -0.15) is 10.2 Å². The lowest BCUT2D eigenvalue weighted by Crippen LogP contribution is -2.04. The van der Waals surface area contributed by atoms with Crippen LogP contribution in [0.15, 0.2) is 12.4 Å². The maximum absolute atomic E-state index is 9.14. The van der Waals surface area contributed by atoms with Crippen molar-refractivity contribution in [1.29, 1.82) is 0 Å². The van der Waals surface area contributed by atoms with Gasteiger partial charge in [0.1, 0.15) is 6.61 Å². The van der Waals surface area contributed by atoms with Gasteiger partial charge in [-0.1, -0.05) is 0 Å². The first-order chi connectivity index (χ1) is 8.26. The molecule has 0 unspecified atom stereocenters. The Kier molecular flexibility index (Phi) is 3.67. The fraction of sp³-hybridized carbons (Fsp3) is 0.444. The Morgan fingerprint density at radius 2 is 2.41 bits per heavy atom. The summed E-state index contributed by atoms with van der Waals surface area (Å²) in [6, 6.07) is 0. The minimum absolute atomic E-state index is 0.184. The molecule has 0 radical (unpaired) electrons. The summed E-state index contributed by atoms with van der Waals surface area (Å²) in [5.41, 5.74) is 0.768. The van der Waals surface area contributed by atoms with Crippen LogP contribution in [0.2, 0.25) is 0 Å². The van der Waals surface area contributed by atoms with Gasteiger partial charge >= 0.3 is 0 Å². The Morgan fingerprint density at radius 3 is 3.12 bits per heavy atom. The Bertz CT molecular complexity index is 544. The number of hydrogen-bond acceptors (Lipinski definition) is 5. The van der Waals surface area contributed by atoms with E-state index in [1.165, 1.54) is 0 Å². The average Bonchev–Trinajstić information content (AvgIpc) is 2.92. The summed E-state index contributed by atoms with van der Waals surface area (Å²) >= 11 is 5.09. The Morgan fingerprint density at radius 1 is 1.59 bits per heavy atom. The van der Waals surface area contributed by atoms with Gasteiger partial charge in [-0.25, -0.2) is 0 Å². The van der Waals surface area contributed by atoms with Crippen molar-refractivity contribution in [2.75, 3.05) is 13.7 Å². The summed E-state index contributed by atoms with van der Waals surface area (Å²) in [6.45, 7) is 1.07. The molecule has 0 aliphatic rings. The van der Waals surface area contributed by atoms with Crippen molar-refractivity contribution in [1.82, 2.24) is 24.5 Å². The summed E-state index contributed by atoms with van der Waals surface area (Å²) in [6.07, 6.45) is 3.49. The highest BCUT2D eigenvalue weighted by Crippen LogP contribution is 2.10. The van der Waals surface area contributed by atoms with Crippen LogP contribution in [0.5, 0.6) is 0 Å². The first-order valence-corrected chi connectivity index (χ1v) is 5.46. The first kappa shape index (κ1) is 12.0. The molecule has 2 aromatic rings. The second-order valence-electron chi connectivity index (χ2n) is 3.39. The number of aliphatic hydroxyl groups is 1. The molecular formula is C9H13N5O2S. The second kappa shape index (κ2) is 5.21. The van der Waals surface area contributed by atoms with Crippen molar-refractivity contribution >= 4 is 12.2 Å². The molecule has 2 N–H and O–H groups in total. The Balaban J connectivity index is 2.30. The lowest BCUT2D eigenvalue weighted by molar-refractivity contribution is 0.183. The number of H-pyrrole nitrogens is 1. The lowest BCUT2D eigenvalue weighted by Gasteiger charge is -2.01.